The first-order chi connectivity index (χ1) is 4.77. The third-order valence-corrected chi connectivity index (χ3v) is 1.56. The van der Waals surface area contributed by atoms with Crippen LogP contribution in [-0.4, -0.2) is 18.6 Å². The van der Waals surface area contributed by atoms with Gasteiger partial charge < -0.3 is 5.32 Å². The van der Waals surface area contributed by atoms with Gasteiger partial charge in [-0.15, -0.1) is 22.9 Å². The van der Waals surface area contributed by atoms with Crippen LogP contribution >= 0.6 is 12.6 Å². The smallest absolute Gasteiger partial charge is 0.239 e. The summed E-state index contributed by atoms with van der Waals surface area (Å²) in [7, 11) is 1.86. The molecule has 0 saturated heterocycles. The summed E-state index contributed by atoms with van der Waals surface area (Å²) in [5.41, 5.74) is 0. The van der Waals surface area contributed by atoms with E-state index in [0.717, 1.165) is 6.54 Å². The number of nitrogens with zero attached hydrogens (tertiary/aromatic N) is 4. The fourth-order valence-corrected chi connectivity index (χ4v) is 0.788. The van der Waals surface area contributed by atoms with Crippen molar-refractivity contribution in [2.24, 2.45) is 20.7 Å². The molecule has 0 aromatic heterocycles. The van der Waals surface area contributed by atoms with Gasteiger partial charge in [-0.2, -0.15) is 0 Å². The van der Waals surface area contributed by atoms with Crippen molar-refractivity contribution in [1.29, 1.82) is 0 Å². The van der Waals surface area contributed by atoms with Crippen LogP contribution < -0.4 is 5.32 Å². The predicted octanol–water partition coefficient (Wildman–Crippen LogP) is 1.01. The molecule has 0 fully saturated rings. The van der Waals surface area contributed by atoms with Crippen molar-refractivity contribution in [3.8, 4) is 0 Å². The second-order valence-corrected chi connectivity index (χ2v) is 2.72. The Morgan fingerprint density at radius 1 is 1.40 bits per heavy atom. The number of rotatable bonds is 3. The molecule has 0 aromatic carbocycles. The van der Waals surface area contributed by atoms with Gasteiger partial charge >= 0.3 is 0 Å². The van der Waals surface area contributed by atoms with Gasteiger partial charge in [-0.3, -0.25) is 0 Å². The van der Waals surface area contributed by atoms with E-state index >= 15 is 0 Å². The average Bonchev–Trinajstić information content (AvgIpc) is 2.33. The summed E-state index contributed by atoms with van der Waals surface area (Å²) in [5, 5.41) is 17.1. The van der Waals surface area contributed by atoms with Crippen molar-refractivity contribution in [2.75, 3.05) is 13.6 Å². The van der Waals surface area contributed by atoms with E-state index in [2.05, 4.69) is 38.6 Å². The van der Waals surface area contributed by atoms with Gasteiger partial charge in [0.15, 0.2) is 0 Å². The van der Waals surface area contributed by atoms with Crippen molar-refractivity contribution >= 4 is 12.6 Å². The minimum atomic E-state index is -0.705. The van der Waals surface area contributed by atoms with Gasteiger partial charge in [0.05, 0.1) is 0 Å². The van der Waals surface area contributed by atoms with Crippen LogP contribution in [0.3, 0.4) is 0 Å². The Labute approximate surface area is 64.4 Å². The Hall–Kier alpha value is -0.490. The van der Waals surface area contributed by atoms with E-state index in [1.165, 1.54) is 0 Å². The molecule has 0 bridgehead atoms. The van der Waals surface area contributed by atoms with Gasteiger partial charge in [-0.1, -0.05) is 0 Å². The summed E-state index contributed by atoms with van der Waals surface area (Å²) < 4.78 is 0. The van der Waals surface area contributed by atoms with Crippen LogP contribution in [0.4, 0.5) is 0 Å². The normalized spacial score (nSPS) is 20.2. The number of thiol groups is 1. The Balaban J connectivity index is 2.38. The Kier molecular flexibility index (Phi) is 2.34. The standard InChI is InChI=1S/C4H9N5S/c1-5-3-2-4(10)6-8-9-7-4/h5,10H,2-3H2,1H3. The lowest BCUT2D eigenvalue weighted by atomic mass is 10.3. The number of nitrogens with one attached hydrogen (secondary N) is 1. The van der Waals surface area contributed by atoms with Crippen LogP contribution in [0.25, 0.3) is 0 Å². The minimum Gasteiger partial charge on any atom is -0.320 e. The highest BCUT2D eigenvalue weighted by atomic mass is 32.1. The lowest BCUT2D eigenvalue weighted by Gasteiger charge is -2.10. The summed E-state index contributed by atoms with van der Waals surface area (Å²) >= 11 is 4.15. The average molecular weight is 159 g/mol. The monoisotopic (exact) mass is 159 g/mol. The first-order valence-corrected chi connectivity index (χ1v) is 3.43. The molecule has 0 saturated carbocycles. The van der Waals surface area contributed by atoms with Gasteiger partial charge in [0.1, 0.15) is 0 Å². The van der Waals surface area contributed by atoms with E-state index < -0.39 is 4.99 Å². The fraction of sp³-hybridized carbons (Fsp3) is 1.00. The van der Waals surface area contributed by atoms with Crippen LogP contribution in [0.1, 0.15) is 6.42 Å². The summed E-state index contributed by atoms with van der Waals surface area (Å²) in [6, 6.07) is 0. The molecule has 1 N–H and O–H groups in total. The highest BCUT2D eigenvalue weighted by Gasteiger charge is 2.26. The van der Waals surface area contributed by atoms with Crippen LogP contribution in [0.2, 0.25) is 0 Å². The molecule has 0 unspecified atom stereocenters. The highest BCUT2D eigenvalue weighted by molar-refractivity contribution is 7.81. The summed E-state index contributed by atoms with van der Waals surface area (Å²) in [4.78, 5) is -0.705. The first-order valence-electron chi connectivity index (χ1n) is 2.98. The van der Waals surface area contributed by atoms with Crippen molar-refractivity contribution in [2.45, 2.75) is 11.4 Å². The van der Waals surface area contributed by atoms with Crippen LogP contribution in [0.15, 0.2) is 20.7 Å². The molecule has 10 heavy (non-hydrogen) atoms. The molecule has 0 radical (unpaired) electrons. The highest BCUT2D eigenvalue weighted by Crippen LogP contribution is 2.27. The first kappa shape index (κ1) is 7.62. The van der Waals surface area contributed by atoms with E-state index in [1.807, 2.05) is 7.05 Å². The van der Waals surface area contributed by atoms with Crippen molar-refractivity contribution in [3.05, 3.63) is 0 Å². The molecule has 0 spiro atoms. The SMILES string of the molecule is CNCCC1(S)N=NN=N1. The van der Waals surface area contributed by atoms with Crippen LogP contribution in [-0.2, 0) is 0 Å². The Morgan fingerprint density at radius 2 is 2.00 bits per heavy atom. The molecular formula is C4H9N5S. The zero-order valence-electron chi connectivity index (χ0n) is 5.65. The number of hydrogen-bond donors (Lipinski definition) is 2. The summed E-state index contributed by atoms with van der Waals surface area (Å²) in [5.74, 6) is 0. The molecule has 1 aliphatic rings. The van der Waals surface area contributed by atoms with Gasteiger partial charge in [0.2, 0.25) is 4.99 Å². The topological polar surface area (TPSA) is 61.5 Å². The zero-order chi connectivity index (χ0) is 7.45. The lowest BCUT2D eigenvalue weighted by Crippen LogP contribution is -2.20. The number of hydrogen-bond acceptors (Lipinski definition) is 6. The molecule has 0 amide bonds. The molecule has 1 heterocycles. The van der Waals surface area contributed by atoms with Crippen molar-refractivity contribution < 1.29 is 0 Å². The molecular weight excluding hydrogens is 150 g/mol. The molecule has 0 aliphatic carbocycles. The molecule has 1 aliphatic heterocycles. The largest absolute Gasteiger partial charge is 0.320 e. The zero-order valence-corrected chi connectivity index (χ0v) is 6.54. The maximum absolute atomic E-state index is 4.15. The third-order valence-electron chi connectivity index (χ3n) is 1.16. The molecule has 5 nitrogen and oxygen atoms in total. The molecule has 0 atom stereocenters. The summed E-state index contributed by atoms with van der Waals surface area (Å²) in [6.45, 7) is 0.807. The minimum absolute atomic E-state index is 0.705. The van der Waals surface area contributed by atoms with Gasteiger partial charge in [-0.25, -0.2) is 0 Å². The molecule has 56 valence electrons. The quantitative estimate of drug-likeness (QED) is 0.593. The lowest BCUT2D eigenvalue weighted by molar-refractivity contribution is 0.564. The Morgan fingerprint density at radius 3 is 2.50 bits per heavy atom. The maximum atomic E-state index is 4.15. The molecule has 0 aromatic rings. The van der Waals surface area contributed by atoms with Crippen LogP contribution in [0, 0.1) is 0 Å². The fourth-order valence-electron chi connectivity index (χ4n) is 0.596. The Bertz CT molecular complexity index is 153. The van der Waals surface area contributed by atoms with E-state index in [4.69, 9.17) is 0 Å². The second kappa shape index (κ2) is 3.07. The van der Waals surface area contributed by atoms with E-state index in [9.17, 15) is 0 Å². The molecule has 6 heteroatoms. The van der Waals surface area contributed by atoms with Crippen molar-refractivity contribution in [3.63, 3.8) is 0 Å². The van der Waals surface area contributed by atoms with E-state index in [-0.39, 0.29) is 0 Å². The van der Waals surface area contributed by atoms with E-state index in [0.29, 0.717) is 6.42 Å². The van der Waals surface area contributed by atoms with Crippen LogP contribution in [0.5, 0.6) is 0 Å². The molecule has 1 rings (SSSR count). The summed E-state index contributed by atoms with van der Waals surface area (Å²) in [6.07, 6.45) is 0.708. The van der Waals surface area contributed by atoms with E-state index in [1.54, 1.807) is 0 Å². The maximum Gasteiger partial charge on any atom is 0.239 e. The second-order valence-electron chi connectivity index (χ2n) is 2.01. The van der Waals surface area contributed by atoms with Crippen molar-refractivity contribution in [1.82, 2.24) is 5.32 Å². The third kappa shape index (κ3) is 1.74. The predicted molar refractivity (Wildman–Crippen MR) is 40.0 cm³/mol. The van der Waals surface area contributed by atoms with Gasteiger partial charge in [-0.05, 0) is 17.5 Å². The van der Waals surface area contributed by atoms with Gasteiger partial charge in [0.25, 0.3) is 0 Å². The van der Waals surface area contributed by atoms with Gasteiger partial charge in [0, 0.05) is 13.0 Å².